The molecule has 102 valence electrons. The summed E-state index contributed by atoms with van der Waals surface area (Å²) in [5.41, 5.74) is 6.37. The minimum Gasteiger partial charge on any atom is -0.396 e. The van der Waals surface area contributed by atoms with Crippen molar-refractivity contribution in [2.24, 2.45) is 5.41 Å². The van der Waals surface area contributed by atoms with Gasteiger partial charge in [-0.25, -0.2) is 0 Å². The van der Waals surface area contributed by atoms with Crippen molar-refractivity contribution in [1.82, 2.24) is 15.1 Å². The summed E-state index contributed by atoms with van der Waals surface area (Å²) in [7, 11) is 0. The quantitative estimate of drug-likeness (QED) is 0.694. The topological polar surface area (TPSA) is 93.2 Å². The van der Waals surface area contributed by atoms with Crippen LogP contribution < -0.4 is 11.1 Å². The molecule has 0 unspecified atom stereocenters. The molecule has 0 saturated carbocycles. The van der Waals surface area contributed by atoms with Gasteiger partial charge >= 0.3 is 0 Å². The van der Waals surface area contributed by atoms with Crippen molar-refractivity contribution in [2.45, 2.75) is 33.7 Å². The van der Waals surface area contributed by atoms with Crippen LogP contribution in [0.25, 0.3) is 0 Å². The number of nitrogens with two attached hydrogens (primary N) is 1. The lowest BCUT2D eigenvalue weighted by atomic mass is 9.90. The van der Waals surface area contributed by atoms with Crippen LogP contribution in [-0.2, 0) is 6.54 Å². The van der Waals surface area contributed by atoms with Gasteiger partial charge in [-0.05, 0) is 18.8 Å². The van der Waals surface area contributed by atoms with Gasteiger partial charge in [0.05, 0.1) is 11.9 Å². The second-order valence-electron chi connectivity index (χ2n) is 5.08. The van der Waals surface area contributed by atoms with Crippen LogP contribution in [-0.4, -0.2) is 33.9 Å². The van der Waals surface area contributed by atoms with Crippen molar-refractivity contribution >= 4 is 11.6 Å². The van der Waals surface area contributed by atoms with Gasteiger partial charge in [-0.2, -0.15) is 5.10 Å². The third-order valence-electron chi connectivity index (χ3n) is 2.90. The summed E-state index contributed by atoms with van der Waals surface area (Å²) >= 11 is 0. The van der Waals surface area contributed by atoms with E-state index in [2.05, 4.69) is 10.4 Å². The Labute approximate surface area is 107 Å². The number of aromatic nitrogens is 2. The molecule has 1 rings (SSSR count). The Kier molecular flexibility index (Phi) is 4.72. The number of nitrogens with one attached hydrogen (secondary N) is 1. The molecule has 6 heteroatoms. The number of hydrogen-bond acceptors (Lipinski definition) is 4. The first-order valence-electron chi connectivity index (χ1n) is 6.11. The van der Waals surface area contributed by atoms with E-state index >= 15 is 0 Å². The number of aliphatic hydroxyl groups excluding tert-OH is 1. The Balaban J connectivity index is 2.68. The molecular formula is C12H22N4O2. The van der Waals surface area contributed by atoms with Gasteiger partial charge in [0.25, 0.3) is 5.91 Å². The molecule has 4 N–H and O–H groups in total. The summed E-state index contributed by atoms with van der Waals surface area (Å²) in [6, 6.07) is 0. The second-order valence-corrected chi connectivity index (χ2v) is 5.08. The summed E-state index contributed by atoms with van der Waals surface area (Å²) in [6.45, 7) is 7.07. The normalized spacial score (nSPS) is 11.6. The minimum absolute atomic E-state index is 0.109. The molecule has 0 atom stereocenters. The van der Waals surface area contributed by atoms with Crippen LogP contribution in [0.15, 0.2) is 6.20 Å². The maximum atomic E-state index is 12.0. The molecular weight excluding hydrogens is 232 g/mol. The molecule has 0 bridgehead atoms. The molecule has 18 heavy (non-hydrogen) atoms. The minimum atomic E-state index is -0.224. The number of nitrogens with zero attached hydrogens (tertiary/aromatic N) is 2. The van der Waals surface area contributed by atoms with Crippen LogP contribution in [0.2, 0.25) is 0 Å². The van der Waals surface area contributed by atoms with Gasteiger partial charge in [0, 0.05) is 19.7 Å². The number of aliphatic hydroxyl groups is 1. The third-order valence-corrected chi connectivity index (χ3v) is 2.90. The molecule has 0 aliphatic heterocycles. The zero-order chi connectivity index (χ0) is 13.8. The fourth-order valence-corrected chi connectivity index (χ4v) is 1.68. The number of carbonyl (C=O) groups excluding carboxylic acids is 1. The molecule has 1 aromatic rings. The van der Waals surface area contributed by atoms with Crippen LogP contribution in [0.3, 0.4) is 0 Å². The molecule has 1 aromatic heterocycles. The average Bonchev–Trinajstić information content (AvgIpc) is 2.67. The van der Waals surface area contributed by atoms with E-state index in [-0.39, 0.29) is 17.9 Å². The zero-order valence-corrected chi connectivity index (χ0v) is 11.2. The van der Waals surface area contributed by atoms with Crippen molar-refractivity contribution in [2.75, 3.05) is 18.9 Å². The first-order chi connectivity index (χ1) is 8.41. The predicted molar refractivity (Wildman–Crippen MR) is 70.1 cm³/mol. The first-order valence-corrected chi connectivity index (χ1v) is 6.11. The maximum Gasteiger partial charge on any atom is 0.271 e. The average molecular weight is 254 g/mol. The highest BCUT2D eigenvalue weighted by molar-refractivity contribution is 5.97. The van der Waals surface area contributed by atoms with Gasteiger partial charge in [0.15, 0.2) is 0 Å². The van der Waals surface area contributed by atoms with E-state index in [0.29, 0.717) is 30.9 Å². The lowest BCUT2D eigenvalue weighted by molar-refractivity contribution is 0.0918. The summed E-state index contributed by atoms with van der Waals surface area (Å²) < 4.78 is 1.57. The molecule has 0 radical (unpaired) electrons. The van der Waals surface area contributed by atoms with Crippen molar-refractivity contribution < 1.29 is 9.90 Å². The highest BCUT2D eigenvalue weighted by Gasteiger charge is 2.21. The second kappa shape index (κ2) is 5.86. The van der Waals surface area contributed by atoms with E-state index < -0.39 is 0 Å². The van der Waals surface area contributed by atoms with Crippen molar-refractivity contribution in [3.63, 3.8) is 0 Å². The Morgan fingerprint density at radius 3 is 2.83 bits per heavy atom. The first kappa shape index (κ1) is 14.5. The molecule has 0 fully saturated rings. The number of hydrogen-bond donors (Lipinski definition) is 3. The van der Waals surface area contributed by atoms with Gasteiger partial charge in [0.1, 0.15) is 5.69 Å². The van der Waals surface area contributed by atoms with Crippen LogP contribution >= 0.6 is 0 Å². The van der Waals surface area contributed by atoms with E-state index in [0.717, 1.165) is 0 Å². The SMILES string of the molecule is CCn1ncc(N)c1C(=O)NCC(C)(C)CCO. The number of carbonyl (C=O) groups is 1. The summed E-state index contributed by atoms with van der Waals surface area (Å²) in [6.07, 6.45) is 2.12. The van der Waals surface area contributed by atoms with Crippen molar-refractivity contribution in [1.29, 1.82) is 0 Å². The molecule has 1 heterocycles. The molecule has 0 aromatic carbocycles. The number of amides is 1. The van der Waals surface area contributed by atoms with Crippen LogP contribution in [0.4, 0.5) is 5.69 Å². The Hall–Kier alpha value is -1.56. The number of aryl methyl sites for hydroxylation is 1. The van der Waals surface area contributed by atoms with Crippen molar-refractivity contribution in [3.8, 4) is 0 Å². The predicted octanol–water partition coefficient (Wildman–Crippen LogP) is 0.624. The van der Waals surface area contributed by atoms with Crippen LogP contribution in [0.5, 0.6) is 0 Å². The van der Waals surface area contributed by atoms with E-state index in [9.17, 15) is 4.79 Å². The summed E-state index contributed by atoms with van der Waals surface area (Å²) in [4.78, 5) is 12.0. The highest BCUT2D eigenvalue weighted by Crippen LogP contribution is 2.18. The molecule has 0 spiro atoms. The molecule has 0 aliphatic rings. The molecule has 0 aliphatic carbocycles. The number of rotatable bonds is 6. The molecule has 1 amide bonds. The highest BCUT2D eigenvalue weighted by atomic mass is 16.3. The summed E-state index contributed by atoms with van der Waals surface area (Å²) in [5, 5.41) is 15.8. The fraction of sp³-hybridized carbons (Fsp3) is 0.667. The molecule has 6 nitrogen and oxygen atoms in total. The number of anilines is 1. The zero-order valence-electron chi connectivity index (χ0n) is 11.2. The van der Waals surface area contributed by atoms with Crippen LogP contribution in [0, 0.1) is 5.41 Å². The summed E-state index contributed by atoms with van der Waals surface area (Å²) in [5.74, 6) is -0.224. The van der Waals surface area contributed by atoms with Crippen LogP contribution in [0.1, 0.15) is 37.7 Å². The largest absolute Gasteiger partial charge is 0.396 e. The Morgan fingerprint density at radius 2 is 2.28 bits per heavy atom. The fourth-order valence-electron chi connectivity index (χ4n) is 1.68. The third kappa shape index (κ3) is 3.46. The van der Waals surface area contributed by atoms with E-state index in [1.807, 2.05) is 20.8 Å². The molecule has 0 saturated heterocycles. The van der Waals surface area contributed by atoms with E-state index in [1.165, 1.54) is 6.20 Å². The lowest BCUT2D eigenvalue weighted by Crippen LogP contribution is -2.35. The van der Waals surface area contributed by atoms with E-state index in [1.54, 1.807) is 4.68 Å². The maximum absolute atomic E-state index is 12.0. The number of nitrogen functional groups attached to an aromatic ring is 1. The van der Waals surface area contributed by atoms with Gasteiger partial charge in [-0.15, -0.1) is 0 Å². The standard InChI is InChI=1S/C12H22N4O2/c1-4-16-10(9(13)7-15-16)11(18)14-8-12(2,3)5-6-17/h7,17H,4-6,8,13H2,1-3H3,(H,14,18). The monoisotopic (exact) mass is 254 g/mol. The van der Waals surface area contributed by atoms with Gasteiger partial charge < -0.3 is 16.2 Å². The van der Waals surface area contributed by atoms with Crippen molar-refractivity contribution in [3.05, 3.63) is 11.9 Å². The lowest BCUT2D eigenvalue weighted by Gasteiger charge is -2.23. The van der Waals surface area contributed by atoms with Gasteiger partial charge in [-0.3, -0.25) is 9.48 Å². The van der Waals surface area contributed by atoms with Gasteiger partial charge in [-0.1, -0.05) is 13.8 Å². The Morgan fingerprint density at radius 1 is 1.61 bits per heavy atom. The van der Waals surface area contributed by atoms with Gasteiger partial charge in [0.2, 0.25) is 0 Å². The Bertz CT molecular complexity index is 412. The smallest absolute Gasteiger partial charge is 0.271 e. The van der Waals surface area contributed by atoms with E-state index in [4.69, 9.17) is 10.8 Å².